The number of amides is 1. The molecule has 1 aromatic carbocycles. The average molecular weight is 271 g/mol. The van der Waals surface area contributed by atoms with Crippen LogP contribution < -0.4 is 10.6 Å². The van der Waals surface area contributed by atoms with Crippen molar-refractivity contribution in [2.45, 2.75) is 6.92 Å². The Balaban J connectivity index is 1.94. The van der Waals surface area contributed by atoms with Gasteiger partial charge in [0.25, 0.3) is 0 Å². The summed E-state index contributed by atoms with van der Waals surface area (Å²) in [4.78, 5) is 15.9. The molecule has 0 unspecified atom stereocenters. The highest BCUT2D eigenvalue weighted by molar-refractivity contribution is 5.92. The van der Waals surface area contributed by atoms with Gasteiger partial charge in [0, 0.05) is 24.7 Å². The normalized spacial score (nSPS) is 10.2. The third-order valence-electron chi connectivity index (χ3n) is 2.66. The second kappa shape index (κ2) is 6.68. The van der Waals surface area contributed by atoms with Crippen molar-refractivity contribution >= 4 is 11.6 Å². The number of hydrogen-bond donors (Lipinski definition) is 2. The lowest BCUT2D eigenvalue weighted by atomic mass is 10.1. The van der Waals surface area contributed by atoms with Gasteiger partial charge in [-0.25, -0.2) is 4.98 Å². The number of benzene rings is 1. The highest BCUT2D eigenvalue weighted by Crippen LogP contribution is 2.20. The summed E-state index contributed by atoms with van der Waals surface area (Å²) < 4.78 is 5.17. The lowest BCUT2D eigenvalue weighted by Crippen LogP contribution is -2.27. The van der Waals surface area contributed by atoms with Crippen molar-refractivity contribution < 1.29 is 9.21 Å². The summed E-state index contributed by atoms with van der Waals surface area (Å²) in [6.07, 6.45) is 3.32. The van der Waals surface area contributed by atoms with Crippen LogP contribution in [0.1, 0.15) is 5.89 Å². The zero-order valence-electron chi connectivity index (χ0n) is 11.3. The number of carbonyl (C=O) groups is 1. The fraction of sp³-hybridized carbons (Fsp3) is 0.200. The molecule has 20 heavy (non-hydrogen) atoms. The first-order valence-corrected chi connectivity index (χ1v) is 6.33. The summed E-state index contributed by atoms with van der Waals surface area (Å²) >= 11 is 0. The molecule has 0 atom stereocenters. The highest BCUT2D eigenvalue weighted by atomic mass is 16.3. The van der Waals surface area contributed by atoms with Gasteiger partial charge in [-0.15, -0.1) is 6.58 Å². The van der Waals surface area contributed by atoms with E-state index in [1.54, 1.807) is 19.3 Å². The first-order chi connectivity index (χ1) is 9.69. The second-order valence-corrected chi connectivity index (χ2v) is 4.30. The van der Waals surface area contributed by atoms with E-state index in [2.05, 4.69) is 22.2 Å². The van der Waals surface area contributed by atoms with Gasteiger partial charge in [-0.1, -0.05) is 18.2 Å². The van der Waals surface area contributed by atoms with Crippen LogP contribution in [0.25, 0.3) is 11.3 Å². The molecule has 0 aliphatic carbocycles. The first kappa shape index (κ1) is 14.0. The van der Waals surface area contributed by atoms with Gasteiger partial charge in [-0.05, 0) is 12.1 Å². The lowest BCUT2D eigenvalue weighted by Gasteiger charge is -2.06. The molecular weight excluding hydrogens is 254 g/mol. The molecule has 0 fully saturated rings. The lowest BCUT2D eigenvalue weighted by molar-refractivity contribution is -0.115. The van der Waals surface area contributed by atoms with E-state index in [0.29, 0.717) is 12.4 Å². The first-order valence-electron chi connectivity index (χ1n) is 6.33. The van der Waals surface area contributed by atoms with Gasteiger partial charge in [0.1, 0.15) is 12.0 Å². The van der Waals surface area contributed by atoms with Crippen molar-refractivity contribution in [1.82, 2.24) is 10.3 Å². The Bertz CT molecular complexity index is 587. The number of nitrogens with one attached hydrogen (secondary N) is 2. The number of nitrogens with zero attached hydrogens (tertiary/aromatic N) is 1. The van der Waals surface area contributed by atoms with Crippen molar-refractivity contribution in [3.8, 4) is 11.3 Å². The maximum absolute atomic E-state index is 11.6. The molecule has 0 aliphatic rings. The van der Waals surface area contributed by atoms with Crippen LogP contribution in [-0.2, 0) is 4.79 Å². The molecule has 1 aromatic heterocycles. The van der Waals surface area contributed by atoms with E-state index in [9.17, 15) is 4.79 Å². The molecule has 5 nitrogen and oxygen atoms in total. The molecule has 0 spiro atoms. The van der Waals surface area contributed by atoms with Gasteiger partial charge < -0.3 is 15.1 Å². The van der Waals surface area contributed by atoms with Crippen LogP contribution in [-0.4, -0.2) is 24.0 Å². The molecule has 104 valence electrons. The molecule has 5 heteroatoms. The predicted molar refractivity (Wildman–Crippen MR) is 78.4 cm³/mol. The molecule has 1 amide bonds. The predicted octanol–water partition coefficient (Wildman–Crippen LogP) is 2.36. The molecule has 0 saturated heterocycles. The maximum atomic E-state index is 11.6. The quantitative estimate of drug-likeness (QED) is 0.625. The summed E-state index contributed by atoms with van der Waals surface area (Å²) in [5.74, 6) is 0.544. The molecule has 0 saturated carbocycles. The average Bonchev–Trinajstić information content (AvgIpc) is 2.86. The van der Waals surface area contributed by atoms with Crippen LogP contribution >= 0.6 is 0 Å². The number of anilines is 1. The summed E-state index contributed by atoms with van der Waals surface area (Å²) in [7, 11) is 0. The van der Waals surface area contributed by atoms with Crippen LogP contribution in [0, 0.1) is 6.92 Å². The fourth-order valence-corrected chi connectivity index (χ4v) is 1.71. The Labute approximate surface area is 117 Å². The molecular formula is C15H17N3O2. The van der Waals surface area contributed by atoms with E-state index in [0.717, 1.165) is 16.9 Å². The van der Waals surface area contributed by atoms with E-state index in [1.165, 1.54) is 0 Å². The summed E-state index contributed by atoms with van der Waals surface area (Å²) in [6.45, 7) is 6.24. The summed E-state index contributed by atoms with van der Waals surface area (Å²) in [5.41, 5.74) is 2.48. The van der Waals surface area contributed by atoms with Crippen molar-refractivity contribution in [3.05, 3.63) is 49.1 Å². The molecule has 0 bridgehead atoms. The van der Waals surface area contributed by atoms with Gasteiger partial charge in [0.2, 0.25) is 5.91 Å². The summed E-state index contributed by atoms with van der Waals surface area (Å²) in [6, 6.07) is 7.46. The van der Waals surface area contributed by atoms with Gasteiger partial charge >= 0.3 is 0 Å². The molecule has 0 aliphatic heterocycles. The fourth-order valence-electron chi connectivity index (χ4n) is 1.71. The standard InChI is InChI=1S/C15H17N3O2/c1-3-8-16-9-15(19)18-13-6-4-12(5-7-13)14-10-20-11(2)17-14/h3-7,10,16H,1,8-9H2,2H3,(H,18,19). The molecule has 1 heterocycles. The molecule has 2 aromatic rings. The SMILES string of the molecule is C=CCNCC(=O)Nc1ccc(-c2coc(C)n2)cc1. The Kier molecular flexibility index (Phi) is 4.68. The minimum Gasteiger partial charge on any atom is -0.449 e. The van der Waals surface area contributed by atoms with Crippen molar-refractivity contribution in [2.75, 3.05) is 18.4 Å². The number of carbonyl (C=O) groups excluding carboxylic acids is 1. The van der Waals surface area contributed by atoms with Crippen LogP contribution in [0.3, 0.4) is 0 Å². The van der Waals surface area contributed by atoms with Crippen LogP contribution in [0.15, 0.2) is 47.6 Å². The minimum absolute atomic E-state index is 0.0862. The zero-order chi connectivity index (χ0) is 14.4. The number of oxazole rings is 1. The van der Waals surface area contributed by atoms with E-state index in [1.807, 2.05) is 24.3 Å². The third kappa shape index (κ3) is 3.80. The number of aromatic nitrogens is 1. The summed E-state index contributed by atoms with van der Waals surface area (Å²) in [5, 5.41) is 5.75. The topological polar surface area (TPSA) is 67.2 Å². The van der Waals surface area contributed by atoms with E-state index < -0.39 is 0 Å². The minimum atomic E-state index is -0.0862. The van der Waals surface area contributed by atoms with E-state index in [-0.39, 0.29) is 12.5 Å². The van der Waals surface area contributed by atoms with Gasteiger partial charge in [-0.2, -0.15) is 0 Å². The van der Waals surface area contributed by atoms with Crippen molar-refractivity contribution in [1.29, 1.82) is 0 Å². The van der Waals surface area contributed by atoms with Gasteiger partial charge in [0.15, 0.2) is 5.89 Å². The van der Waals surface area contributed by atoms with E-state index in [4.69, 9.17) is 4.42 Å². The monoisotopic (exact) mass is 271 g/mol. The maximum Gasteiger partial charge on any atom is 0.238 e. The van der Waals surface area contributed by atoms with E-state index >= 15 is 0 Å². The molecule has 2 rings (SSSR count). The van der Waals surface area contributed by atoms with Crippen molar-refractivity contribution in [2.24, 2.45) is 0 Å². The number of aryl methyl sites for hydroxylation is 1. The Morgan fingerprint density at radius 2 is 2.15 bits per heavy atom. The number of rotatable bonds is 6. The molecule has 0 radical (unpaired) electrons. The molecule has 2 N–H and O–H groups in total. The van der Waals surface area contributed by atoms with Crippen LogP contribution in [0.4, 0.5) is 5.69 Å². The smallest absolute Gasteiger partial charge is 0.238 e. The third-order valence-corrected chi connectivity index (χ3v) is 2.66. The Morgan fingerprint density at radius 1 is 1.40 bits per heavy atom. The zero-order valence-corrected chi connectivity index (χ0v) is 11.3. The Morgan fingerprint density at radius 3 is 2.75 bits per heavy atom. The second-order valence-electron chi connectivity index (χ2n) is 4.30. The Hall–Kier alpha value is -2.40. The van der Waals surface area contributed by atoms with Gasteiger partial charge in [0.05, 0.1) is 6.54 Å². The largest absolute Gasteiger partial charge is 0.449 e. The number of hydrogen-bond acceptors (Lipinski definition) is 4. The van der Waals surface area contributed by atoms with Crippen molar-refractivity contribution in [3.63, 3.8) is 0 Å². The van der Waals surface area contributed by atoms with Gasteiger partial charge in [-0.3, -0.25) is 4.79 Å². The van der Waals surface area contributed by atoms with Crippen LogP contribution in [0.5, 0.6) is 0 Å². The van der Waals surface area contributed by atoms with Crippen LogP contribution in [0.2, 0.25) is 0 Å². The highest BCUT2D eigenvalue weighted by Gasteiger charge is 2.05.